The zero-order chi connectivity index (χ0) is 21.7. The van der Waals surface area contributed by atoms with Gasteiger partial charge in [0.2, 0.25) is 0 Å². The zero-order valence-electron chi connectivity index (χ0n) is 17.4. The summed E-state index contributed by atoms with van der Waals surface area (Å²) < 4.78 is 27.7. The van der Waals surface area contributed by atoms with E-state index >= 15 is 0 Å². The average Bonchev–Trinajstić information content (AvgIpc) is 2.65. The Kier molecular flexibility index (Phi) is 7.42. The minimum atomic E-state index is -4.00. The highest BCUT2D eigenvalue weighted by Crippen LogP contribution is 2.25. The molecule has 156 valence electrons. The van der Waals surface area contributed by atoms with E-state index in [1.165, 1.54) is 6.08 Å². The smallest absolute Gasteiger partial charge is 0.251 e. The van der Waals surface area contributed by atoms with E-state index in [0.717, 1.165) is 29.5 Å². The van der Waals surface area contributed by atoms with Gasteiger partial charge < -0.3 is 10.0 Å². The molecule has 2 aromatic carbocycles. The molecule has 6 nitrogen and oxygen atoms in total. The minimum Gasteiger partial charge on any atom is -0.396 e. The molecule has 0 unspecified atom stereocenters. The van der Waals surface area contributed by atoms with Crippen molar-refractivity contribution in [1.29, 1.82) is 5.26 Å². The Bertz CT molecular complexity index is 1030. The van der Waals surface area contributed by atoms with Crippen molar-refractivity contribution in [3.8, 4) is 6.07 Å². The van der Waals surface area contributed by atoms with E-state index in [1.807, 2.05) is 24.3 Å². The molecule has 0 atom stereocenters. The second-order valence-corrected chi connectivity index (χ2v) is 9.20. The van der Waals surface area contributed by atoms with Gasteiger partial charge in [-0.05, 0) is 74.7 Å². The highest BCUT2D eigenvalue weighted by molar-refractivity contribution is 7.93. The van der Waals surface area contributed by atoms with Crippen LogP contribution in [0.3, 0.4) is 0 Å². The molecule has 0 saturated carbocycles. The highest BCUT2D eigenvalue weighted by atomic mass is 32.2. The molecule has 0 aliphatic rings. The Morgan fingerprint density at radius 2 is 1.79 bits per heavy atom. The third-order valence-electron chi connectivity index (χ3n) is 4.82. The number of benzene rings is 2. The molecule has 0 aliphatic carbocycles. The lowest BCUT2D eigenvalue weighted by molar-refractivity contribution is 0.246. The molecular formula is C22H29N3O3S. The summed E-state index contributed by atoms with van der Waals surface area (Å²) in [6.07, 6.45) is 1.62. The van der Waals surface area contributed by atoms with Crippen LogP contribution < -0.4 is 9.62 Å². The van der Waals surface area contributed by atoms with Gasteiger partial charge in [0.25, 0.3) is 10.0 Å². The summed E-state index contributed by atoms with van der Waals surface area (Å²) in [5.74, 6) is 0. The lowest BCUT2D eigenvalue weighted by Gasteiger charge is -2.24. The number of allylic oxidation sites excluding steroid dienone is 1. The minimum absolute atomic E-state index is 0.152. The van der Waals surface area contributed by atoms with E-state index in [2.05, 4.69) is 29.5 Å². The molecule has 0 spiro atoms. The molecule has 2 N–H and O–H groups in total. The van der Waals surface area contributed by atoms with Crippen LogP contribution in [0.5, 0.6) is 0 Å². The first-order chi connectivity index (χ1) is 13.7. The van der Waals surface area contributed by atoms with Crippen molar-refractivity contribution in [2.75, 3.05) is 24.6 Å². The second-order valence-electron chi connectivity index (χ2n) is 7.55. The Hall–Kier alpha value is -2.40. The highest BCUT2D eigenvalue weighted by Gasteiger charge is 2.27. The van der Waals surface area contributed by atoms with Gasteiger partial charge in [-0.25, -0.2) is 13.1 Å². The summed E-state index contributed by atoms with van der Waals surface area (Å²) in [4.78, 5) is 1.90. The van der Waals surface area contributed by atoms with Crippen molar-refractivity contribution in [3.63, 3.8) is 0 Å². The van der Waals surface area contributed by atoms with Gasteiger partial charge >= 0.3 is 0 Å². The predicted octanol–water partition coefficient (Wildman–Crippen LogP) is 3.63. The fourth-order valence-electron chi connectivity index (χ4n) is 3.20. The number of fused-ring (bicyclic) bond motifs is 1. The van der Waals surface area contributed by atoms with Crippen molar-refractivity contribution < 1.29 is 13.5 Å². The molecule has 29 heavy (non-hydrogen) atoms. The first-order valence-corrected chi connectivity index (χ1v) is 11.2. The van der Waals surface area contributed by atoms with E-state index in [9.17, 15) is 13.7 Å². The molecule has 0 heterocycles. The van der Waals surface area contributed by atoms with Crippen LogP contribution in [0.25, 0.3) is 16.8 Å². The van der Waals surface area contributed by atoms with Crippen LogP contribution in [-0.2, 0) is 10.0 Å². The van der Waals surface area contributed by atoms with E-state index in [-0.39, 0.29) is 17.9 Å². The summed E-state index contributed by atoms with van der Waals surface area (Å²) in [7, 11) is -4.00. The van der Waals surface area contributed by atoms with E-state index in [4.69, 9.17) is 5.11 Å². The number of hydrogen-bond donors (Lipinski definition) is 2. The molecule has 0 radical (unpaired) electrons. The number of sulfonamides is 1. The fourth-order valence-corrected chi connectivity index (χ4v) is 4.55. The van der Waals surface area contributed by atoms with Crippen molar-refractivity contribution in [2.24, 2.45) is 0 Å². The summed E-state index contributed by atoms with van der Waals surface area (Å²) in [6, 6.07) is 13.5. The van der Waals surface area contributed by atoms with Gasteiger partial charge in [-0.2, -0.15) is 5.26 Å². The number of aliphatic hydroxyl groups is 1. The molecule has 0 fully saturated rings. The number of nitriles is 1. The largest absolute Gasteiger partial charge is 0.396 e. The Morgan fingerprint density at radius 3 is 2.38 bits per heavy atom. The maximum Gasteiger partial charge on any atom is 0.251 e. The number of nitrogens with one attached hydrogen (secondary N) is 1. The van der Waals surface area contributed by atoms with Gasteiger partial charge in [0.05, 0.1) is 0 Å². The van der Waals surface area contributed by atoms with Crippen molar-refractivity contribution in [3.05, 3.63) is 46.9 Å². The van der Waals surface area contributed by atoms with Crippen LogP contribution in [0.4, 0.5) is 5.69 Å². The summed E-state index contributed by atoms with van der Waals surface area (Å²) >= 11 is 0. The third-order valence-corrected chi connectivity index (χ3v) is 6.43. The molecule has 0 saturated heterocycles. The number of aliphatic hydroxyl groups excluding tert-OH is 1. The summed E-state index contributed by atoms with van der Waals surface area (Å²) in [6.45, 7) is 9.25. The van der Waals surface area contributed by atoms with Gasteiger partial charge in [0.15, 0.2) is 4.91 Å². The summed E-state index contributed by atoms with van der Waals surface area (Å²) in [5.41, 5.74) is 0.921. The zero-order valence-corrected chi connectivity index (χ0v) is 18.3. The van der Waals surface area contributed by atoms with Crippen molar-refractivity contribution in [1.82, 2.24) is 4.72 Å². The topological polar surface area (TPSA) is 93.4 Å². The van der Waals surface area contributed by atoms with Gasteiger partial charge in [0, 0.05) is 30.9 Å². The quantitative estimate of drug-likeness (QED) is 0.610. The van der Waals surface area contributed by atoms with Gasteiger partial charge in [-0.15, -0.1) is 0 Å². The number of nitrogens with zero attached hydrogens (tertiary/aromatic N) is 2. The molecular weight excluding hydrogens is 386 g/mol. The maximum atomic E-state index is 12.6. The monoisotopic (exact) mass is 415 g/mol. The molecule has 2 rings (SSSR count). The van der Waals surface area contributed by atoms with Gasteiger partial charge in [-0.1, -0.05) is 18.2 Å². The van der Waals surface area contributed by atoms with Crippen LogP contribution in [0.15, 0.2) is 41.3 Å². The normalized spacial score (nSPS) is 12.8. The lowest BCUT2D eigenvalue weighted by Crippen LogP contribution is -2.44. The van der Waals surface area contributed by atoms with Crippen LogP contribution in [0, 0.1) is 11.3 Å². The Morgan fingerprint density at radius 1 is 1.17 bits per heavy atom. The first kappa shape index (κ1) is 22.9. The van der Waals surface area contributed by atoms with E-state index in [0.29, 0.717) is 5.56 Å². The standard InChI is InChI=1S/C22H29N3O3S/c1-5-25(6-2)20-10-9-18-13-17(7-8-19(18)15-20)14-21(16-23)29(27,28)24-22(3,4)11-12-26/h7-10,13-15,24,26H,5-6,11-12H2,1-4H3/b21-14+. The molecule has 7 heteroatoms. The average molecular weight is 416 g/mol. The molecule has 0 bridgehead atoms. The predicted molar refractivity (Wildman–Crippen MR) is 119 cm³/mol. The van der Waals surface area contributed by atoms with E-state index in [1.54, 1.807) is 26.0 Å². The van der Waals surface area contributed by atoms with Crippen molar-refractivity contribution >= 4 is 32.6 Å². The Labute approximate surface area is 173 Å². The SMILES string of the molecule is CCN(CC)c1ccc2cc(/C=C(\C#N)S(=O)(=O)NC(C)(C)CCO)ccc2c1. The molecule has 2 aromatic rings. The third kappa shape index (κ3) is 5.80. The number of anilines is 1. The van der Waals surface area contributed by atoms with Crippen molar-refractivity contribution in [2.45, 2.75) is 39.7 Å². The van der Waals surface area contributed by atoms with Gasteiger partial charge in [-0.3, -0.25) is 0 Å². The fraction of sp³-hybridized carbons (Fsp3) is 0.409. The summed E-state index contributed by atoms with van der Waals surface area (Å²) in [5, 5.41) is 20.5. The number of hydrogen-bond acceptors (Lipinski definition) is 5. The van der Waals surface area contributed by atoms with E-state index < -0.39 is 15.6 Å². The van der Waals surface area contributed by atoms with Gasteiger partial charge in [0.1, 0.15) is 6.07 Å². The maximum absolute atomic E-state index is 12.6. The van der Waals surface area contributed by atoms with Crippen LogP contribution in [0.2, 0.25) is 0 Å². The van der Waals surface area contributed by atoms with Crippen LogP contribution in [0.1, 0.15) is 39.7 Å². The molecule has 0 aromatic heterocycles. The first-order valence-electron chi connectivity index (χ1n) is 9.71. The molecule has 0 amide bonds. The lowest BCUT2D eigenvalue weighted by atomic mass is 10.0. The Balaban J connectivity index is 2.38. The van der Waals surface area contributed by atoms with Crippen LogP contribution >= 0.6 is 0 Å². The number of rotatable bonds is 9. The molecule has 0 aliphatic heterocycles. The van der Waals surface area contributed by atoms with Crippen LogP contribution in [-0.4, -0.2) is 38.8 Å². The second kappa shape index (κ2) is 9.40.